The van der Waals surface area contributed by atoms with Crippen molar-refractivity contribution in [1.82, 2.24) is 19.7 Å². The fourth-order valence-corrected chi connectivity index (χ4v) is 4.43. The van der Waals surface area contributed by atoms with Gasteiger partial charge in [-0.05, 0) is 37.3 Å². The minimum absolute atomic E-state index is 0. The molecule has 0 aliphatic carbocycles. The molecule has 0 spiro atoms. The molecule has 4 rings (SSSR count). The number of aliphatic hydroxyl groups excluding tert-OH is 1. The molecule has 4 aromatic rings. The van der Waals surface area contributed by atoms with Crippen LogP contribution in [-0.4, -0.2) is 31.0 Å². The lowest BCUT2D eigenvalue weighted by molar-refractivity contribution is 0.0873. The Bertz CT molecular complexity index is 1240. The first-order valence-electron chi connectivity index (χ1n) is 9.34. The van der Waals surface area contributed by atoms with Gasteiger partial charge in [-0.1, -0.05) is 12.1 Å². The molecular formula is C22H18BrF2N5OS. The monoisotopic (exact) mass is 517 g/mol. The van der Waals surface area contributed by atoms with Crippen LogP contribution in [0.2, 0.25) is 0 Å². The van der Waals surface area contributed by atoms with Crippen molar-refractivity contribution in [3.63, 3.8) is 0 Å². The maximum Gasteiger partial charge on any atom is 0.137 e. The number of thiazole rings is 1. The van der Waals surface area contributed by atoms with Gasteiger partial charge in [0.15, 0.2) is 0 Å². The van der Waals surface area contributed by atoms with Crippen molar-refractivity contribution in [2.45, 2.75) is 25.0 Å². The van der Waals surface area contributed by atoms with Gasteiger partial charge in [0.25, 0.3) is 0 Å². The molecule has 6 nitrogen and oxygen atoms in total. The lowest BCUT2D eigenvalue weighted by Crippen LogP contribution is -2.41. The maximum absolute atomic E-state index is 14.8. The highest BCUT2D eigenvalue weighted by Crippen LogP contribution is 2.40. The quantitative estimate of drug-likeness (QED) is 0.406. The molecule has 10 heteroatoms. The first-order valence-corrected chi connectivity index (χ1v) is 10.2. The summed E-state index contributed by atoms with van der Waals surface area (Å²) in [7, 11) is 0. The van der Waals surface area contributed by atoms with Crippen molar-refractivity contribution in [3.05, 3.63) is 88.3 Å². The van der Waals surface area contributed by atoms with Crippen LogP contribution in [0.15, 0.2) is 60.5 Å². The number of benzene rings is 2. The molecule has 164 valence electrons. The van der Waals surface area contributed by atoms with Gasteiger partial charge in [0, 0.05) is 16.5 Å². The summed E-state index contributed by atoms with van der Waals surface area (Å²) in [4.78, 5) is 8.51. The maximum atomic E-state index is 14.8. The molecule has 0 saturated heterocycles. The van der Waals surface area contributed by atoms with Gasteiger partial charge in [-0.2, -0.15) is 10.4 Å². The van der Waals surface area contributed by atoms with Crippen molar-refractivity contribution >= 4 is 28.3 Å². The average Bonchev–Trinajstić information content (AvgIpc) is 3.47. The van der Waals surface area contributed by atoms with E-state index in [9.17, 15) is 13.9 Å². The van der Waals surface area contributed by atoms with Crippen LogP contribution in [-0.2, 0) is 12.0 Å². The van der Waals surface area contributed by atoms with E-state index in [2.05, 4.69) is 21.1 Å². The number of nitriles is 1. The van der Waals surface area contributed by atoms with Crippen molar-refractivity contribution in [2.75, 3.05) is 0 Å². The molecule has 0 fully saturated rings. The largest absolute Gasteiger partial charge is 0.390 e. The Morgan fingerprint density at radius 2 is 1.97 bits per heavy atom. The molecule has 2 atom stereocenters. The third kappa shape index (κ3) is 4.46. The smallest absolute Gasteiger partial charge is 0.137 e. The molecule has 0 aliphatic rings. The van der Waals surface area contributed by atoms with Crippen molar-refractivity contribution in [3.8, 4) is 17.3 Å². The van der Waals surface area contributed by atoms with E-state index in [1.54, 1.807) is 36.6 Å². The van der Waals surface area contributed by atoms with Crippen LogP contribution in [0.5, 0.6) is 0 Å². The molecule has 0 radical (unpaired) electrons. The van der Waals surface area contributed by atoms with Crippen LogP contribution >= 0.6 is 28.3 Å². The number of aromatic nitrogens is 4. The van der Waals surface area contributed by atoms with Gasteiger partial charge in [0.2, 0.25) is 0 Å². The fraction of sp³-hybridized carbons (Fsp3) is 0.182. The second-order valence-electron chi connectivity index (χ2n) is 7.19. The Kier molecular flexibility index (Phi) is 7.13. The molecule has 2 aromatic heterocycles. The van der Waals surface area contributed by atoms with E-state index in [1.807, 2.05) is 0 Å². The second-order valence-corrected chi connectivity index (χ2v) is 8.04. The van der Waals surface area contributed by atoms with Gasteiger partial charge < -0.3 is 5.11 Å². The Labute approximate surface area is 197 Å². The molecule has 1 N–H and O–H groups in total. The average molecular weight is 518 g/mol. The van der Waals surface area contributed by atoms with Crippen LogP contribution in [0.3, 0.4) is 0 Å². The summed E-state index contributed by atoms with van der Waals surface area (Å²) >= 11 is 1.24. The van der Waals surface area contributed by atoms with E-state index in [-0.39, 0.29) is 29.1 Å². The summed E-state index contributed by atoms with van der Waals surface area (Å²) in [6.07, 6.45) is 1.60. The molecule has 32 heavy (non-hydrogen) atoms. The van der Waals surface area contributed by atoms with E-state index < -0.39 is 23.2 Å². The Morgan fingerprint density at radius 1 is 1.22 bits per heavy atom. The molecular weight excluding hydrogens is 500 g/mol. The number of rotatable bonds is 6. The van der Waals surface area contributed by atoms with E-state index in [0.29, 0.717) is 16.3 Å². The van der Waals surface area contributed by atoms with Gasteiger partial charge in [-0.25, -0.2) is 18.7 Å². The summed E-state index contributed by atoms with van der Waals surface area (Å²) in [6.45, 7) is 1.64. The molecule has 2 heterocycles. The minimum Gasteiger partial charge on any atom is -0.390 e. The number of nitrogens with zero attached hydrogens (tertiary/aromatic N) is 5. The summed E-state index contributed by atoms with van der Waals surface area (Å²) < 4.78 is 30.3. The predicted molar refractivity (Wildman–Crippen MR) is 121 cm³/mol. The van der Waals surface area contributed by atoms with Crippen LogP contribution in [0.4, 0.5) is 8.78 Å². The predicted octanol–water partition coefficient (Wildman–Crippen LogP) is 4.50. The SMILES string of the molecule is Br.CC(c1nc(-c2ccc(C#N)cc2)cs1)(c1cc(F)ccc1F)[C@@H](O)Cn1cncn1. The third-order valence-electron chi connectivity index (χ3n) is 5.24. The molecule has 0 saturated carbocycles. The summed E-state index contributed by atoms with van der Waals surface area (Å²) in [5, 5.41) is 26.4. The van der Waals surface area contributed by atoms with Gasteiger partial charge in [-0.3, -0.25) is 4.68 Å². The summed E-state index contributed by atoms with van der Waals surface area (Å²) in [5.74, 6) is -1.25. The zero-order valence-electron chi connectivity index (χ0n) is 16.8. The lowest BCUT2D eigenvalue weighted by atomic mass is 9.77. The fourth-order valence-electron chi connectivity index (χ4n) is 3.38. The Morgan fingerprint density at radius 3 is 2.62 bits per heavy atom. The van der Waals surface area contributed by atoms with Gasteiger partial charge in [0.1, 0.15) is 29.3 Å². The van der Waals surface area contributed by atoms with Gasteiger partial charge >= 0.3 is 0 Å². The van der Waals surface area contributed by atoms with E-state index in [0.717, 1.165) is 23.8 Å². The van der Waals surface area contributed by atoms with Gasteiger partial charge in [-0.15, -0.1) is 28.3 Å². The molecule has 0 amide bonds. The van der Waals surface area contributed by atoms with E-state index in [4.69, 9.17) is 5.26 Å². The number of halogens is 3. The van der Waals surface area contributed by atoms with Gasteiger partial charge in [0.05, 0.1) is 35.4 Å². The topological polar surface area (TPSA) is 87.6 Å². The number of aliphatic hydroxyl groups is 1. The van der Waals surface area contributed by atoms with Crippen LogP contribution in [0, 0.1) is 23.0 Å². The van der Waals surface area contributed by atoms with Crippen LogP contribution in [0.1, 0.15) is 23.1 Å². The number of hydrogen-bond donors (Lipinski definition) is 1. The Hall–Kier alpha value is -3.00. The summed E-state index contributed by atoms with van der Waals surface area (Å²) in [5.41, 5.74) is 0.554. The van der Waals surface area contributed by atoms with Crippen LogP contribution in [0.25, 0.3) is 11.3 Å². The molecule has 0 bridgehead atoms. The third-order valence-corrected chi connectivity index (χ3v) is 6.32. The van der Waals surface area contributed by atoms with Crippen LogP contribution < -0.4 is 0 Å². The first-order chi connectivity index (χ1) is 14.9. The molecule has 0 aliphatic heterocycles. The zero-order valence-corrected chi connectivity index (χ0v) is 19.3. The Balaban J connectivity index is 0.00000289. The highest BCUT2D eigenvalue weighted by atomic mass is 79.9. The highest BCUT2D eigenvalue weighted by Gasteiger charge is 2.42. The summed E-state index contributed by atoms with van der Waals surface area (Å²) in [6, 6.07) is 12.1. The molecule has 1 unspecified atom stereocenters. The highest BCUT2D eigenvalue weighted by molar-refractivity contribution is 8.93. The first kappa shape index (κ1) is 23.7. The standard InChI is InChI=1S/C22H17F2N5OS.BrH/c1-22(17-8-16(23)6-7-18(17)24,20(30)10-29-13-26-12-27-29)21-28-19(11-31-21)15-4-2-14(9-25)3-5-15;/h2-8,11-13,20,30H,10H2,1H3;1H/t20-,22?;/m0./s1. The number of hydrogen-bond acceptors (Lipinski definition) is 6. The minimum atomic E-state index is -1.35. The van der Waals surface area contributed by atoms with E-state index in [1.165, 1.54) is 28.7 Å². The normalized spacial score (nSPS) is 13.6. The lowest BCUT2D eigenvalue weighted by Gasteiger charge is -2.33. The van der Waals surface area contributed by atoms with Crippen molar-refractivity contribution in [1.29, 1.82) is 5.26 Å². The van der Waals surface area contributed by atoms with Crippen molar-refractivity contribution < 1.29 is 13.9 Å². The van der Waals surface area contributed by atoms with Crippen molar-refractivity contribution in [2.24, 2.45) is 0 Å². The molecule has 2 aromatic carbocycles. The van der Waals surface area contributed by atoms with E-state index >= 15 is 0 Å². The zero-order chi connectivity index (χ0) is 22.0. The second kappa shape index (κ2) is 9.65.